The molecule has 8 nitrogen and oxygen atoms in total. The lowest BCUT2D eigenvalue weighted by Gasteiger charge is -2.36. The van der Waals surface area contributed by atoms with E-state index in [0.717, 1.165) is 18.8 Å². The molecule has 0 atom stereocenters. The monoisotopic (exact) mass is 501 g/mol. The van der Waals surface area contributed by atoms with Gasteiger partial charge in [0.2, 0.25) is 5.91 Å². The zero-order valence-electron chi connectivity index (χ0n) is 19.6. The van der Waals surface area contributed by atoms with Gasteiger partial charge in [0, 0.05) is 50.0 Å². The smallest absolute Gasteiger partial charge is 0.264 e. The number of carbonyl (C=O) groups is 2. The summed E-state index contributed by atoms with van der Waals surface area (Å²) in [5.41, 5.74) is 1.43. The highest BCUT2D eigenvalue weighted by atomic mass is 35.5. The Morgan fingerprint density at radius 1 is 1.09 bits per heavy atom. The Kier molecular flexibility index (Phi) is 7.23. The largest absolute Gasteiger partial charge is 0.368 e. The molecule has 1 aliphatic heterocycles. The molecule has 10 heteroatoms. The molecule has 0 spiro atoms. The normalized spacial score (nSPS) is 14.0. The van der Waals surface area contributed by atoms with Crippen LogP contribution >= 0.6 is 22.9 Å². The maximum Gasteiger partial charge on any atom is 0.264 e. The first-order chi connectivity index (χ1) is 16.3. The van der Waals surface area contributed by atoms with Crippen molar-refractivity contribution in [2.24, 2.45) is 0 Å². The Bertz CT molecular complexity index is 1260. The fourth-order valence-corrected chi connectivity index (χ4v) is 5.49. The third-order valence-electron chi connectivity index (χ3n) is 6.29. The summed E-state index contributed by atoms with van der Waals surface area (Å²) in [4.78, 5) is 50.1. The first-order valence-corrected chi connectivity index (χ1v) is 12.6. The van der Waals surface area contributed by atoms with E-state index < -0.39 is 0 Å². The summed E-state index contributed by atoms with van der Waals surface area (Å²) in [5.74, 6) is -0.211. The van der Waals surface area contributed by atoms with Gasteiger partial charge < -0.3 is 14.7 Å². The number of piperazine rings is 1. The predicted octanol–water partition coefficient (Wildman–Crippen LogP) is 3.25. The second-order valence-electron chi connectivity index (χ2n) is 8.24. The van der Waals surface area contributed by atoms with E-state index in [-0.39, 0.29) is 23.9 Å². The molecule has 2 aromatic heterocycles. The van der Waals surface area contributed by atoms with Gasteiger partial charge in [0.1, 0.15) is 11.4 Å². The fraction of sp³-hybridized carbons (Fsp3) is 0.417. The van der Waals surface area contributed by atoms with Crippen molar-refractivity contribution in [1.29, 1.82) is 0 Å². The molecule has 1 aromatic carbocycles. The van der Waals surface area contributed by atoms with Crippen molar-refractivity contribution in [2.75, 3.05) is 44.2 Å². The lowest BCUT2D eigenvalue weighted by Crippen LogP contribution is -2.48. The van der Waals surface area contributed by atoms with Crippen molar-refractivity contribution in [3.8, 4) is 0 Å². The molecular formula is C24H28ClN5O3S. The molecule has 180 valence electrons. The van der Waals surface area contributed by atoms with Crippen molar-refractivity contribution in [3.05, 3.63) is 56.4 Å². The van der Waals surface area contributed by atoms with Crippen LogP contribution in [0.2, 0.25) is 5.02 Å². The van der Waals surface area contributed by atoms with Crippen LogP contribution < -0.4 is 10.5 Å². The van der Waals surface area contributed by atoms with Crippen LogP contribution in [-0.4, -0.2) is 70.4 Å². The number of rotatable bonds is 6. The quantitative estimate of drug-likeness (QED) is 0.518. The van der Waals surface area contributed by atoms with E-state index in [1.54, 1.807) is 11.8 Å². The first kappa shape index (κ1) is 24.2. The van der Waals surface area contributed by atoms with Gasteiger partial charge in [-0.25, -0.2) is 4.98 Å². The standard InChI is InChI=1S/C24H28ClN5O3S/c1-4-27(5-2)19(31)14-30-15-26-22-20(23(30)32)16(3)21(34-22)24(33)29-12-10-28(11-13-29)18-8-6-17(25)7-9-18/h6-9,15H,4-5,10-14H2,1-3H3. The fourth-order valence-electron chi connectivity index (χ4n) is 4.26. The van der Waals surface area contributed by atoms with Gasteiger partial charge in [-0.2, -0.15) is 0 Å². The molecule has 0 aliphatic carbocycles. The third-order valence-corrected chi connectivity index (χ3v) is 7.73. The van der Waals surface area contributed by atoms with Gasteiger partial charge in [-0.05, 0) is 50.6 Å². The SMILES string of the molecule is CCN(CC)C(=O)Cn1cnc2sc(C(=O)N3CCN(c4ccc(Cl)cc4)CC3)c(C)c2c1=O. The summed E-state index contributed by atoms with van der Waals surface area (Å²) < 4.78 is 1.34. The highest BCUT2D eigenvalue weighted by Crippen LogP contribution is 2.29. The summed E-state index contributed by atoms with van der Waals surface area (Å²) in [7, 11) is 0. The lowest BCUT2D eigenvalue weighted by atomic mass is 10.2. The average Bonchev–Trinajstić information content (AvgIpc) is 3.19. The first-order valence-electron chi connectivity index (χ1n) is 11.4. The number of halogens is 1. The molecule has 1 fully saturated rings. The summed E-state index contributed by atoms with van der Waals surface area (Å²) in [6.45, 7) is 9.32. The van der Waals surface area contributed by atoms with E-state index in [0.29, 0.717) is 51.9 Å². The summed E-state index contributed by atoms with van der Waals surface area (Å²) in [6, 6.07) is 7.70. The predicted molar refractivity (Wildman–Crippen MR) is 136 cm³/mol. The van der Waals surface area contributed by atoms with Crippen LogP contribution in [0.4, 0.5) is 5.69 Å². The van der Waals surface area contributed by atoms with Crippen molar-refractivity contribution in [1.82, 2.24) is 19.4 Å². The molecule has 1 saturated heterocycles. The van der Waals surface area contributed by atoms with Crippen LogP contribution in [0.25, 0.3) is 10.2 Å². The highest BCUT2D eigenvalue weighted by Gasteiger charge is 2.27. The lowest BCUT2D eigenvalue weighted by molar-refractivity contribution is -0.131. The van der Waals surface area contributed by atoms with Gasteiger partial charge in [-0.15, -0.1) is 11.3 Å². The van der Waals surface area contributed by atoms with E-state index >= 15 is 0 Å². The molecular weight excluding hydrogens is 474 g/mol. The van der Waals surface area contributed by atoms with E-state index in [2.05, 4.69) is 9.88 Å². The Balaban J connectivity index is 1.52. The minimum absolute atomic E-state index is 0.0608. The Morgan fingerprint density at radius 3 is 2.35 bits per heavy atom. The molecule has 3 aromatic rings. The van der Waals surface area contributed by atoms with Gasteiger partial charge >= 0.3 is 0 Å². The second kappa shape index (κ2) is 10.1. The van der Waals surface area contributed by atoms with Crippen molar-refractivity contribution >= 4 is 50.7 Å². The number of aryl methyl sites for hydroxylation is 1. The van der Waals surface area contributed by atoms with Crippen molar-refractivity contribution in [2.45, 2.75) is 27.3 Å². The molecule has 0 radical (unpaired) electrons. The number of carbonyl (C=O) groups excluding carboxylic acids is 2. The number of anilines is 1. The zero-order valence-corrected chi connectivity index (χ0v) is 21.2. The van der Waals surface area contributed by atoms with Crippen LogP contribution in [0.15, 0.2) is 35.4 Å². The third kappa shape index (κ3) is 4.67. The average molecular weight is 502 g/mol. The number of hydrogen-bond donors (Lipinski definition) is 0. The number of fused-ring (bicyclic) bond motifs is 1. The van der Waals surface area contributed by atoms with Crippen LogP contribution in [0.3, 0.4) is 0 Å². The number of hydrogen-bond acceptors (Lipinski definition) is 6. The van der Waals surface area contributed by atoms with Gasteiger partial charge in [-0.3, -0.25) is 19.0 Å². The summed E-state index contributed by atoms with van der Waals surface area (Å²) >= 11 is 7.23. The van der Waals surface area contributed by atoms with Gasteiger partial charge in [0.25, 0.3) is 11.5 Å². The van der Waals surface area contributed by atoms with Gasteiger partial charge in [0.05, 0.1) is 16.6 Å². The Labute approximate surface area is 207 Å². The molecule has 0 bridgehead atoms. The van der Waals surface area contributed by atoms with Crippen molar-refractivity contribution < 1.29 is 9.59 Å². The maximum atomic E-state index is 13.3. The molecule has 0 unspecified atom stereocenters. The molecule has 34 heavy (non-hydrogen) atoms. The number of likely N-dealkylation sites (N-methyl/N-ethyl adjacent to an activating group) is 1. The van der Waals surface area contributed by atoms with E-state index in [1.165, 1.54) is 22.2 Å². The second-order valence-corrected chi connectivity index (χ2v) is 9.67. The molecule has 0 saturated carbocycles. The molecule has 2 amide bonds. The number of thiophene rings is 1. The Morgan fingerprint density at radius 2 is 1.74 bits per heavy atom. The number of aromatic nitrogens is 2. The zero-order chi connectivity index (χ0) is 24.4. The van der Waals surface area contributed by atoms with Crippen LogP contribution in [0, 0.1) is 6.92 Å². The molecule has 0 N–H and O–H groups in total. The van der Waals surface area contributed by atoms with Crippen LogP contribution in [-0.2, 0) is 11.3 Å². The molecule has 4 rings (SSSR count). The van der Waals surface area contributed by atoms with E-state index in [1.807, 2.05) is 43.0 Å². The van der Waals surface area contributed by atoms with Crippen molar-refractivity contribution in [3.63, 3.8) is 0 Å². The van der Waals surface area contributed by atoms with E-state index in [9.17, 15) is 14.4 Å². The van der Waals surface area contributed by atoms with Crippen LogP contribution in [0.1, 0.15) is 29.1 Å². The highest BCUT2D eigenvalue weighted by molar-refractivity contribution is 7.20. The number of amides is 2. The van der Waals surface area contributed by atoms with Gasteiger partial charge in [0.15, 0.2) is 0 Å². The summed E-state index contributed by atoms with van der Waals surface area (Å²) in [6.07, 6.45) is 1.40. The maximum absolute atomic E-state index is 13.3. The minimum Gasteiger partial charge on any atom is -0.368 e. The minimum atomic E-state index is -0.286. The molecule has 3 heterocycles. The van der Waals surface area contributed by atoms with Gasteiger partial charge in [-0.1, -0.05) is 11.6 Å². The number of nitrogens with zero attached hydrogens (tertiary/aromatic N) is 5. The van der Waals surface area contributed by atoms with Crippen LogP contribution in [0.5, 0.6) is 0 Å². The topological polar surface area (TPSA) is 78.8 Å². The Hall–Kier alpha value is -2.91. The summed E-state index contributed by atoms with van der Waals surface area (Å²) in [5, 5.41) is 1.12. The van der Waals surface area contributed by atoms with E-state index in [4.69, 9.17) is 11.6 Å². The molecule has 1 aliphatic rings. The number of benzene rings is 1.